The highest BCUT2D eigenvalue weighted by molar-refractivity contribution is 7.98. The monoisotopic (exact) mass is 376 g/mol. The van der Waals surface area contributed by atoms with E-state index in [1.54, 1.807) is 11.8 Å². The Labute approximate surface area is 162 Å². The molecule has 0 aromatic heterocycles. The summed E-state index contributed by atoms with van der Waals surface area (Å²) in [6, 6.07) is 9.23. The predicted octanol–water partition coefficient (Wildman–Crippen LogP) is 3.44. The van der Waals surface area contributed by atoms with Gasteiger partial charge in [-0.1, -0.05) is 12.1 Å². The fraction of sp³-hybridized carbons (Fsp3) is 0.667. The van der Waals surface area contributed by atoms with Crippen LogP contribution in [0.4, 0.5) is 0 Å². The first-order valence-corrected chi connectivity index (χ1v) is 11.1. The Hall–Kier alpha value is -1.04. The van der Waals surface area contributed by atoms with E-state index >= 15 is 0 Å². The third kappa shape index (κ3) is 5.24. The maximum absolute atomic E-state index is 12.6. The standard InChI is InChI=1S/C21H32N2O2S/c1-25-19-11-15-22(16-12-19)18-9-13-23(14-10-18)21(24)8-5-17-3-6-20(26-2)7-4-17/h3-4,6-7,18-19H,5,8-16H2,1-2H3. The van der Waals surface area contributed by atoms with Gasteiger partial charge in [-0.15, -0.1) is 11.8 Å². The SMILES string of the molecule is COC1CCN(C2CCN(C(=O)CCc3ccc(SC)cc3)CC2)CC1. The summed E-state index contributed by atoms with van der Waals surface area (Å²) in [5.41, 5.74) is 1.26. The molecule has 144 valence electrons. The molecule has 1 aromatic carbocycles. The van der Waals surface area contributed by atoms with Crippen LogP contribution in [0.3, 0.4) is 0 Å². The van der Waals surface area contributed by atoms with E-state index in [-0.39, 0.29) is 0 Å². The molecule has 2 fully saturated rings. The van der Waals surface area contributed by atoms with Gasteiger partial charge < -0.3 is 14.5 Å². The van der Waals surface area contributed by atoms with Crippen LogP contribution in [0.2, 0.25) is 0 Å². The van der Waals surface area contributed by atoms with Crippen LogP contribution in [-0.4, -0.2) is 67.4 Å². The largest absolute Gasteiger partial charge is 0.381 e. The number of methoxy groups -OCH3 is 1. The van der Waals surface area contributed by atoms with Crippen molar-refractivity contribution in [3.05, 3.63) is 29.8 Å². The maximum atomic E-state index is 12.6. The fourth-order valence-corrected chi connectivity index (χ4v) is 4.57. The summed E-state index contributed by atoms with van der Waals surface area (Å²) >= 11 is 1.75. The average Bonchev–Trinajstić information content (AvgIpc) is 2.72. The number of thioether (sulfide) groups is 1. The van der Waals surface area contributed by atoms with Crippen LogP contribution in [0, 0.1) is 0 Å². The summed E-state index contributed by atoms with van der Waals surface area (Å²) in [5, 5.41) is 0. The van der Waals surface area contributed by atoms with Gasteiger partial charge in [0, 0.05) is 50.6 Å². The first-order chi connectivity index (χ1) is 12.7. The molecule has 0 N–H and O–H groups in total. The van der Waals surface area contributed by atoms with E-state index < -0.39 is 0 Å². The number of aryl methyl sites for hydroxylation is 1. The third-order valence-electron chi connectivity index (χ3n) is 5.93. The number of piperidine rings is 2. The van der Waals surface area contributed by atoms with Crippen LogP contribution in [0.1, 0.15) is 37.7 Å². The zero-order chi connectivity index (χ0) is 18.4. The number of nitrogens with zero attached hydrogens (tertiary/aromatic N) is 2. The Bertz CT molecular complexity index is 562. The maximum Gasteiger partial charge on any atom is 0.222 e. The number of rotatable bonds is 6. The minimum absolute atomic E-state index is 0.315. The number of ether oxygens (including phenoxy) is 1. The van der Waals surface area contributed by atoms with Gasteiger partial charge in [-0.3, -0.25) is 4.79 Å². The molecular weight excluding hydrogens is 344 g/mol. The second-order valence-electron chi connectivity index (χ2n) is 7.43. The molecular formula is C21H32N2O2S. The van der Waals surface area contributed by atoms with Crippen molar-refractivity contribution in [2.45, 2.75) is 55.6 Å². The van der Waals surface area contributed by atoms with Gasteiger partial charge >= 0.3 is 0 Å². The average molecular weight is 377 g/mol. The second kappa shape index (κ2) is 9.77. The summed E-state index contributed by atoms with van der Waals surface area (Å²) in [5.74, 6) is 0.315. The zero-order valence-corrected chi connectivity index (χ0v) is 17.0. The summed E-state index contributed by atoms with van der Waals surface area (Å²) in [4.78, 5) is 18.5. The van der Waals surface area contributed by atoms with Gasteiger partial charge in [0.1, 0.15) is 0 Å². The van der Waals surface area contributed by atoms with Gasteiger partial charge in [0.05, 0.1) is 6.10 Å². The molecule has 0 radical (unpaired) electrons. The molecule has 5 heteroatoms. The number of hydrogen-bond acceptors (Lipinski definition) is 4. The van der Waals surface area contributed by atoms with Crippen molar-refractivity contribution in [2.75, 3.05) is 39.5 Å². The molecule has 1 amide bonds. The number of amides is 1. The summed E-state index contributed by atoms with van der Waals surface area (Å²) in [7, 11) is 1.82. The van der Waals surface area contributed by atoms with Gasteiger partial charge in [-0.05, 0) is 56.1 Å². The molecule has 1 aromatic rings. The highest BCUT2D eigenvalue weighted by Crippen LogP contribution is 2.23. The molecule has 0 saturated carbocycles. The minimum atomic E-state index is 0.315. The van der Waals surface area contributed by atoms with Crippen molar-refractivity contribution in [1.82, 2.24) is 9.80 Å². The molecule has 26 heavy (non-hydrogen) atoms. The van der Waals surface area contributed by atoms with E-state index in [2.05, 4.69) is 40.3 Å². The lowest BCUT2D eigenvalue weighted by atomic mass is 9.98. The van der Waals surface area contributed by atoms with Crippen LogP contribution in [0.25, 0.3) is 0 Å². The van der Waals surface area contributed by atoms with Crippen LogP contribution >= 0.6 is 11.8 Å². The summed E-state index contributed by atoms with van der Waals surface area (Å²) in [6.07, 6.45) is 8.52. The molecule has 0 spiro atoms. The smallest absolute Gasteiger partial charge is 0.222 e. The molecule has 2 heterocycles. The number of likely N-dealkylation sites (tertiary alicyclic amines) is 2. The lowest BCUT2D eigenvalue weighted by Gasteiger charge is -2.41. The Kier molecular flexibility index (Phi) is 7.41. The van der Waals surface area contributed by atoms with E-state index in [0.717, 1.165) is 58.3 Å². The van der Waals surface area contributed by atoms with Crippen molar-refractivity contribution in [2.24, 2.45) is 0 Å². The third-order valence-corrected chi connectivity index (χ3v) is 6.67. The Balaban J connectivity index is 1.39. The first-order valence-electron chi connectivity index (χ1n) is 9.87. The first kappa shape index (κ1) is 19.7. The second-order valence-corrected chi connectivity index (χ2v) is 8.31. The van der Waals surface area contributed by atoms with E-state index in [0.29, 0.717) is 24.5 Å². The van der Waals surface area contributed by atoms with E-state index in [4.69, 9.17) is 4.74 Å². The normalized spacial score (nSPS) is 20.5. The lowest BCUT2D eigenvalue weighted by Crippen LogP contribution is -2.49. The van der Waals surface area contributed by atoms with E-state index in [9.17, 15) is 4.79 Å². The number of carbonyl (C=O) groups is 1. The Morgan fingerprint density at radius 3 is 2.31 bits per heavy atom. The zero-order valence-electron chi connectivity index (χ0n) is 16.2. The highest BCUT2D eigenvalue weighted by atomic mass is 32.2. The van der Waals surface area contributed by atoms with Crippen LogP contribution < -0.4 is 0 Å². The van der Waals surface area contributed by atoms with Crippen LogP contribution in [-0.2, 0) is 16.0 Å². The molecule has 0 bridgehead atoms. The predicted molar refractivity (Wildman–Crippen MR) is 108 cm³/mol. The Morgan fingerprint density at radius 1 is 1.08 bits per heavy atom. The van der Waals surface area contributed by atoms with Crippen LogP contribution in [0.15, 0.2) is 29.2 Å². The summed E-state index contributed by atoms with van der Waals surface area (Å²) < 4.78 is 5.47. The molecule has 2 aliphatic heterocycles. The number of carbonyl (C=O) groups excluding carboxylic acids is 1. The minimum Gasteiger partial charge on any atom is -0.381 e. The van der Waals surface area contributed by atoms with Crippen molar-refractivity contribution in [3.8, 4) is 0 Å². The fourth-order valence-electron chi connectivity index (χ4n) is 4.16. The number of hydrogen-bond donors (Lipinski definition) is 0. The van der Waals surface area contributed by atoms with Crippen molar-refractivity contribution < 1.29 is 9.53 Å². The molecule has 2 aliphatic rings. The van der Waals surface area contributed by atoms with E-state index in [1.165, 1.54) is 10.5 Å². The van der Waals surface area contributed by atoms with Crippen molar-refractivity contribution in [1.29, 1.82) is 0 Å². The molecule has 0 aliphatic carbocycles. The van der Waals surface area contributed by atoms with Crippen molar-refractivity contribution >= 4 is 17.7 Å². The van der Waals surface area contributed by atoms with Gasteiger partial charge in [-0.2, -0.15) is 0 Å². The van der Waals surface area contributed by atoms with Crippen molar-refractivity contribution in [3.63, 3.8) is 0 Å². The molecule has 0 atom stereocenters. The summed E-state index contributed by atoms with van der Waals surface area (Å²) in [6.45, 7) is 4.12. The number of benzene rings is 1. The Morgan fingerprint density at radius 2 is 1.73 bits per heavy atom. The van der Waals surface area contributed by atoms with Gasteiger partial charge in [0.15, 0.2) is 0 Å². The topological polar surface area (TPSA) is 32.8 Å². The molecule has 3 rings (SSSR count). The van der Waals surface area contributed by atoms with Crippen LogP contribution in [0.5, 0.6) is 0 Å². The molecule has 2 saturated heterocycles. The van der Waals surface area contributed by atoms with Gasteiger partial charge in [-0.25, -0.2) is 0 Å². The van der Waals surface area contributed by atoms with E-state index in [1.807, 2.05) is 7.11 Å². The highest BCUT2D eigenvalue weighted by Gasteiger charge is 2.29. The molecule has 0 unspecified atom stereocenters. The van der Waals surface area contributed by atoms with Gasteiger partial charge in [0.2, 0.25) is 5.91 Å². The quantitative estimate of drug-likeness (QED) is 0.712. The molecule has 4 nitrogen and oxygen atoms in total. The van der Waals surface area contributed by atoms with Gasteiger partial charge in [0.25, 0.3) is 0 Å². The lowest BCUT2D eigenvalue weighted by molar-refractivity contribution is -0.132.